The molecule has 1 aliphatic rings. The minimum Gasteiger partial charge on any atom is -0.345 e. The molecule has 0 radical (unpaired) electrons. The molecule has 2 nitrogen and oxygen atoms in total. The molecule has 1 atom stereocenters. The lowest BCUT2D eigenvalue weighted by molar-refractivity contribution is -0.255. The lowest BCUT2D eigenvalue weighted by Gasteiger charge is -2.20. The monoisotopic (exact) mass is 286 g/mol. The summed E-state index contributed by atoms with van der Waals surface area (Å²) in [7, 11) is 0. The van der Waals surface area contributed by atoms with Gasteiger partial charge in [0.2, 0.25) is 5.92 Å². The molecule has 8 heteroatoms. The Morgan fingerprint density at radius 2 is 1.74 bits per heavy atom. The van der Waals surface area contributed by atoms with Crippen molar-refractivity contribution in [2.75, 3.05) is 0 Å². The van der Waals surface area contributed by atoms with Crippen molar-refractivity contribution in [1.82, 2.24) is 9.97 Å². The molecule has 19 heavy (non-hydrogen) atoms. The smallest absolute Gasteiger partial charge is 0.345 e. The van der Waals surface area contributed by atoms with Crippen molar-refractivity contribution in [3.05, 3.63) is 17.2 Å². The Balaban J connectivity index is 2.39. The van der Waals surface area contributed by atoms with Crippen LogP contribution in [-0.4, -0.2) is 22.3 Å². The number of H-pyrrole nitrogens is 1. The van der Waals surface area contributed by atoms with Crippen LogP contribution in [0.4, 0.5) is 26.3 Å². The highest BCUT2D eigenvalue weighted by atomic mass is 19.4. The molecule has 0 fully saturated rings. The molecule has 108 valence electrons. The zero-order valence-electron chi connectivity index (χ0n) is 9.99. The average Bonchev–Trinajstić information content (AvgIpc) is 2.54. The molecule has 1 aromatic rings. The van der Waals surface area contributed by atoms with Gasteiger partial charge in [0.05, 0.1) is 5.69 Å². The number of aryl methyl sites for hydroxylation is 1. The minimum absolute atomic E-state index is 0.232. The van der Waals surface area contributed by atoms with Gasteiger partial charge < -0.3 is 4.98 Å². The Morgan fingerprint density at radius 1 is 1.16 bits per heavy atom. The summed E-state index contributed by atoms with van der Waals surface area (Å²) in [5, 5.41) is 0. The van der Waals surface area contributed by atoms with Crippen LogP contribution >= 0.6 is 0 Å². The highest BCUT2D eigenvalue weighted by molar-refractivity contribution is 5.21. The normalized spacial score (nSPS) is 20.7. The van der Waals surface area contributed by atoms with E-state index in [1.54, 1.807) is 0 Å². The van der Waals surface area contributed by atoms with Gasteiger partial charge in [0.15, 0.2) is 0 Å². The Hall–Kier alpha value is -1.21. The molecule has 1 unspecified atom stereocenters. The number of hydrogen-bond donors (Lipinski definition) is 1. The highest BCUT2D eigenvalue weighted by Crippen LogP contribution is 2.45. The minimum atomic E-state index is -5.40. The van der Waals surface area contributed by atoms with Crippen LogP contribution in [0.15, 0.2) is 0 Å². The third-order valence-corrected chi connectivity index (χ3v) is 3.24. The quantitative estimate of drug-likeness (QED) is 0.783. The van der Waals surface area contributed by atoms with Crippen LogP contribution in [-0.2, 0) is 12.8 Å². The van der Waals surface area contributed by atoms with Crippen LogP contribution in [0.25, 0.3) is 0 Å². The second kappa shape index (κ2) is 4.42. The van der Waals surface area contributed by atoms with Gasteiger partial charge in [0.25, 0.3) is 0 Å². The van der Waals surface area contributed by atoms with Gasteiger partial charge in [0, 0.05) is 5.69 Å². The summed E-state index contributed by atoms with van der Waals surface area (Å²) < 4.78 is 75.4. The van der Waals surface area contributed by atoms with Crippen LogP contribution in [0.2, 0.25) is 0 Å². The van der Waals surface area contributed by atoms with Crippen molar-refractivity contribution in [3.8, 4) is 0 Å². The van der Waals surface area contributed by atoms with Gasteiger partial charge in [-0.25, -0.2) is 4.98 Å². The molecule has 0 saturated heterocycles. The number of hydrogen-bond acceptors (Lipinski definition) is 1. The number of nitrogens with one attached hydrogen (secondary N) is 1. The molecule has 1 aliphatic carbocycles. The van der Waals surface area contributed by atoms with Crippen LogP contribution in [0.5, 0.6) is 0 Å². The number of halogens is 6. The van der Waals surface area contributed by atoms with Crippen molar-refractivity contribution < 1.29 is 26.3 Å². The summed E-state index contributed by atoms with van der Waals surface area (Å²) in [5.41, 5.74) is 0.721. The van der Waals surface area contributed by atoms with Gasteiger partial charge in [-0.1, -0.05) is 6.92 Å². The summed E-state index contributed by atoms with van der Waals surface area (Å²) in [5.74, 6) is -4.35. The second-order valence-corrected chi connectivity index (χ2v) is 4.91. The first-order valence-electron chi connectivity index (χ1n) is 5.80. The fraction of sp³-hybridized carbons (Fsp3) is 0.727. The average molecular weight is 286 g/mol. The SMILES string of the molecule is CC1CCc2nc(C(C(F)(F)F)C(F)(F)F)[nH]c2C1. The lowest BCUT2D eigenvalue weighted by Crippen LogP contribution is -2.35. The van der Waals surface area contributed by atoms with E-state index in [1.807, 2.05) is 6.92 Å². The number of aromatic amines is 1. The number of rotatable bonds is 1. The molecule has 2 rings (SSSR count). The zero-order chi connectivity index (χ0) is 14.4. The summed E-state index contributed by atoms with van der Waals surface area (Å²) in [4.78, 5) is 5.75. The van der Waals surface area contributed by atoms with Gasteiger partial charge in [0.1, 0.15) is 5.82 Å². The number of fused-ring (bicyclic) bond motifs is 1. The van der Waals surface area contributed by atoms with Crippen molar-refractivity contribution in [3.63, 3.8) is 0 Å². The van der Waals surface area contributed by atoms with Crippen LogP contribution in [0.1, 0.15) is 36.5 Å². The van der Waals surface area contributed by atoms with E-state index in [4.69, 9.17) is 0 Å². The van der Waals surface area contributed by atoms with E-state index in [1.165, 1.54) is 0 Å². The summed E-state index contributed by atoms with van der Waals surface area (Å²) in [6, 6.07) is 0. The maximum atomic E-state index is 12.6. The zero-order valence-corrected chi connectivity index (χ0v) is 9.99. The largest absolute Gasteiger partial charge is 0.407 e. The molecule has 1 N–H and O–H groups in total. The van der Waals surface area contributed by atoms with Gasteiger partial charge in [-0.3, -0.25) is 0 Å². The summed E-state index contributed by atoms with van der Waals surface area (Å²) in [6.07, 6.45) is -9.23. The fourth-order valence-electron chi connectivity index (χ4n) is 2.31. The van der Waals surface area contributed by atoms with E-state index in [0.717, 1.165) is 6.42 Å². The van der Waals surface area contributed by atoms with E-state index >= 15 is 0 Å². The van der Waals surface area contributed by atoms with Crippen molar-refractivity contribution in [2.45, 2.75) is 44.5 Å². The van der Waals surface area contributed by atoms with E-state index in [-0.39, 0.29) is 5.92 Å². The second-order valence-electron chi connectivity index (χ2n) is 4.91. The van der Waals surface area contributed by atoms with Crippen molar-refractivity contribution >= 4 is 0 Å². The van der Waals surface area contributed by atoms with Gasteiger partial charge >= 0.3 is 12.4 Å². The molecular formula is C11H12F6N2. The molecule has 0 spiro atoms. The summed E-state index contributed by atoms with van der Waals surface area (Å²) >= 11 is 0. The third kappa shape index (κ3) is 2.87. The Labute approximate surface area is 105 Å². The Morgan fingerprint density at radius 3 is 2.26 bits per heavy atom. The molecular weight excluding hydrogens is 274 g/mol. The first-order chi connectivity index (χ1) is 8.59. The molecule has 0 saturated carbocycles. The number of imidazole rings is 1. The van der Waals surface area contributed by atoms with Crippen LogP contribution in [0, 0.1) is 5.92 Å². The third-order valence-electron chi connectivity index (χ3n) is 3.24. The van der Waals surface area contributed by atoms with E-state index < -0.39 is 24.1 Å². The maximum absolute atomic E-state index is 12.6. The molecule has 0 bridgehead atoms. The van der Waals surface area contributed by atoms with Gasteiger partial charge in [-0.15, -0.1) is 0 Å². The topological polar surface area (TPSA) is 28.7 Å². The van der Waals surface area contributed by atoms with Crippen molar-refractivity contribution in [1.29, 1.82) is 0 Å². The fourth-order valence-corrected chi connectivity index (χ4v) is 2.31. The molecule has 0 aliphatic heterocycles. The Kier molecular flexibility index (Phi) is 3.30. The van der Waals surface area contributed by atoms with Crippen molar-refractivity contribution in [2.24, 2.45) is 5.92 Å². The van der Waals surface area contributed by atoms with E-state index in [9.17, 15) is 26.3 Å². The number of aromatic nitrogens is 2. The van der Waals surface area contributed by atoms with Gasteiger partial charge in [-0.2, -0.15) is 26.3 Å². The lowest BCUT2D eigenvalue weighted by atomic mass is 9.92. The Bertz CT molecular complexity index is 445. The van der Waals surface area contributed by atoms with Crippen LogP contribution < -0.4 is 0 Å². The first kappa shape index (κ1) is 14.2. The van der Waals surface area contributed by atoms with Gasteiger partial charge in [-0.05, 0) is 25.2 Å². The molecule has 0 amide bonds. The number of nitrogens with zero attached hydrogens (tertiary/aromatic N) is 1. The van der Waals surface area contributed by atoms with Crippen LogP contribution in [0.3, 0.4) is 0 Å². The highest BCUT2D eigenvalue weighted by Gasteiger charge is 2.59. The molecule has 1 aromatic heterocycles. The summed E-state index contributed by atoms with van der Waals surface area (Å²) in [6.45, 7) is 1.90. The standard InChI is InChI=1S/C11H12F6N2/c1-5-2-3-6-7(4-5)19-9(18-6)8(10(12,13)14)11(15,16)17/h5,8H,2-4H2,1H3,(H,18,19). The predicted molar refractivity (Wildman–Crippen MR) is 54.6 cm³/mol. The maximum Gasteiger partial charge on any atom is 0.407 e. The predicted octanol–water partition coefficient (Wildman–Crippen LogP) is 3.74. The molecule has 1 heterocycles. The van der Waals surface area contributed by atoms with E-state index in [0.29, 0.717) is 24.2 Å². The molecule has 0 aromatic carbocycles. The first-order valence-corrected chi connectivity index (χ1v) is 5.80. The van der Waals surface area contributed by atoms with E-state index in [2.05, 4.69) is 9.97 Å². The number of alkyl halides is 6.